The van der Waals surface area contributed by atoms with Crippen molar-refractivity contribution >= 4 is 33.3 Å². The van der Waals surface area contributed by atoms with Gasteiger partial charge in [-0.3, -0.25) is 9.36 Å². The van der Waals surface area contributed by atoms with Crippen LogP contribution < -0.4 is 5.56 Å². The van der Waals surface area contributed by atoms with E-state index >= 15 is 0 Å². The van der Waals surface area contributed by atoms with Crippen LogP contribution in [0.25, 0.3) is 10.2 Å². The lowest BCUT2D eigenvalue weighted by atomic mass is 9.89. The van der Waals surface area contributed by atoms with Crippen LogP contribution in [-0.2, 0) is 25.8 Å². The molecular formula is C21H20FN3OS2. The maximum Gasteiger partial charge on any atom is 0.263 e. The number of benzene rings is 1. The zero-order valence-electron chi connectivity index (χ0n) is 15.6. The van der Waals surface area contributed by atoms with Crippen LogP contribution in [0.5, 0.6) is 0 Å². The van der Waals surface area contributed by atoms with E-state index in [1.807, 2.05) is 0 Å². The third-order valence-electron chi connectivity index (χ3n) is 5.18. The van der Waals surface area contributed by atoms with Gasteiger partial charge in [-0.05, 0) is 54.9 Å². The third kappa shape index (κ3) is 3.71. The Morgan fingerprint density at radius 2 is 2.18 bits per heavy atom. The van der Waals surface area contributed by atoms with Crippen molar-refractivity contribution < 1.29 is 4.39 Å². The number of thiophene rings is 1. The van der Waals surface area contributed by atoms with Crippen molar-refractivity contribution in [2.24, 2.45) is 5.92 Å². The molecule has 2 heterocycles. The van der Waals surface area contributed by atoms with Crippen molar-refractivity contribution in [1.29, 1.82) is 5.26 Å². The van der Waals surface area contributed by atoms with Crippen molar-refractivity contribution in [1.82, 2.24) is 9.55 Å². The minimum Gasteiger partial charge on any atom is -0.287 e. The summed E-state index contributed by atoms with van der Waals surface area (Å²) >= 11 is 2.93. The summed E-state index contributed by atoms with van der Waals surface area (Å²) in [5.41, 5.74) is 2.12. The highest BCUT2D eigenvalue weighted by molar-refractivity contribution is 7.99. The molecule has 3 aromatic rings. The molecule has 4 rings (SSSR count). The summed E-state index contributed by atoms with van der Waals surface area (Å²) in [5.74, 6) is 0.610. The fourth-order valence-corrected chi connectivity index (χ4v) is 5.81. The SMILES string of the molecule is CC1CCc2c(sc3nc(SCC#N)n(CCc4ccc(F)cc4)c(=O)c23)C1. The first-order chi connectivity index (χ1) is 13.6. The number of thioether (sulfide) groups is 1. The van der Waals surface area contributed by atoms with Gasteiger partial charge in [0.2, 0.25) is 0 Å². The van der Waals surface area contributed by atoms with E-state index in [-0.39, 0.29) is 17.1 Å². The van der Waals surface area contributed by atoms with Crippen molar-refractivity contribution in [2.45, 2.75) is 44.3 Å². The molecule has 1 aliphatic rings. The summed E-state index contributed by atoms with van der Waals surface area (Å²) in [6.45, 7) is 2.71. The predicted molar refractivity (Wildman–Crippen MR) is 112 cm³/mol. The number of rotatable bonds is 5. The van der Waals surface area contributed by atoms with Gasteiger partial charge < -0.3 is 0 Å². The Labute approximate surface area is 171 Å². The van der Waals surface area contributed by atoms with Crippen LogP contribution in [0.1, 0.15) is 29.3 Å². The Hall–Kier alpha value is -2.17. The Morgan fingerprint density at radius 1 is 1.39 bits per heavy atom. The standard InChI is InChI=1S/C21H20FN3OS2/c1-13-2-7-16-17(12-13)28-19-18(16)20(26)25(21(24-19)27-11-9-23)10-8-14-3-5-15(22)6-4-14/h3-6,13H,2,7-8,10-12H2,1H3. The molecule has 2 aromatic heterocycles. The fourth-order valence-electron chi connectivity index (χ4n) is 3.70. The summed E-state index contributed by atoms with van der Waals surface area (Å²) in [4.78, 5) is 20.2. The molecule has 1 unspecified atom stereocenters. The highest BCUT2D eigenvalue weighted by Gasteiger charge is 2.24. The normalized spacial score (nSPS) is 16.1. The van der Waals surface area contributed by atoms with Crippen LogP contribution in [0.3, 0.4) is 0 Å². The second-order valence-corrected chi connectivity index (χ2v) is 9.23. The van der Waals surface area contributed by atoms with Gasteiger partial charge in [0.25, 0.3) is 5.56 Å². The van der Waals surface area contributed by atoms with Crippen molar-refractivity contribution in [2.75, 3.05) is 5.75 Å². The Balaban J connectivity index is 1.76. The molecule has 0 saturated carbocycles. The number of hydrogen-bond acceptors (Lipinski definition) is 5. The first-order valence-electron chi connectivity index (χ1n) is 9.36. The van der Waals surface area contributed by atoms with Crippen LogP contribution in [0.4, 0.5) is 4.39 Å². The number of aromatic nitrogens is 2. The molecule has 0 amide bonds. The molecule has 0 radical (unpaired) electrons. The lowest BCUT2D eigenvalue weighted by Gasteiger charge is -2.17. The topological polar surface area (TPSA) is 58.7 Å². The number of fused-ring (bicyclic) bond motifs is 3. The molecule has 0 spiro atoms. The molecule has 0 N–H and O–H groups in total. The highest BCUT2D eigenvalue weighted by atomic mass is 32.2. The fraction of sp³-hybridized carbons (Fsp3) is 0.381. The number of halogens is 1. The number of aryl methyl sites for hydroxylation is 2. The van der Waals surface area contributed by atoms with E-state index in [1.54, 1.807) is 28.0 Å². The summed E-state index contributed by atoms with van der Waals surface area (Å²) in [7, 11) is 0. The molecule has 1 atom stereocenters. The quantitative estimate of drug-likeness (QED) is 0.454. The average molecular weight is 414 g/mol. The van der Waals surface area contributed by atoms with Crippen LogP contribution >= 0.6 is 23.1 Å². The minimum atomic E-state index is -0.270. The number of nitriles is 1. The maximum absolute atomic E-state index is 13.4. The van der Waals surface area contributed by atoms with Gasteiger partial charge in [-0.2, -0.15) is 5.26 Å². The maximum atomic E-state index is 13.4. The van der Waals surface area contributed by atoms with Gasteiger partial charge in [-0.1, -0.05) is 30.8 Å². The predicted octanol–water partition coefficient (Wildman–Crippen LogP) is 4.58. The van der Waals surface area contributed by atoms with Crippen molar-refractivity contribution in [3.63, 3.8) is 0 Å². The molecule has 0 saturated heterocycles. The van der Waals surface area contributed by atoms with E-state index in [1.165, 1.54) is 34.3 Å². The molecule has 28 heavy (non-hydrogen) atoms. The molecule has 144 valence electrons. The van der Waals surface area contributed by atoms with Crippen LogP contribution in [0.2, 0.25) is 0 Å². The van der Waals surface area contributed by atoms with Crippen LogP contribution in [0, 0.1) is 23.1 Å². The van der Waals surface area contributed by atoms with Gasteiger partial charge in [-0.25, -0.2) is 9.37 Å². The molecule has 7 heteroatoms. The van der Waals surface area contributed by atoms with Gasteiger partial charge in [0.1, 0.15) is 10.6 Å². The van der Waals surface area contributed by atoms with Crippen LogP contribution in [-0.4, -0.2) is 15.3 Å². The molecule has 0 aliphatic heterocycles. The third-order valence-corrected chi connectivity index (χ3v) is 7.17. The van der Waals surface area contributed by atoms with Gasteiger partial charge in [0.15, 0.2) is 5.16 Å². The van der Waals surface area contributed by atoms with Gasteiger partial charge >= 0.3 is 0 Å². The summed E-state index contributed by atoms with van der Waals surface area (Å²) in [6.07, 6.45) is 3.64. The van der Waals surface area contributed by atoms with Crippen LogP contribution in [0.15, 0.2) is 34.2 Å². The number of hydrogen-bond donors (Lipinski definition) is 0. The second-order valence-electron chi connectivity index (χ2n) is 7.21. The van der Waals surface area contributed by atoms with E-state index in [2.05, 4.69) is 13.0 Å². The van der Waals surface area contributed by atoms with E-state index in [0.717, 1.165) is 35.0 Å². The highest BCUT2D eigenvalue weighted by Crippen LogP contribution is 2.36. The van der Waals surface area contributed by atoms with Gasteiger partial charge in [0, 0.05) is 11.4 Å². The van der Waals surface area contributed by atoms with Crippen molar-refractivity contribution in [3.8, 4) is 6.07 Å². The second kappa shape index (κ2) is 8.06. The zero-order chi connectivity index (χ0) is 19.7. The molecule has 0 fully saturated rings. The lowest BCUT2D eigenvalue weighted by Crippen LogP contribution is -2.25. The smallest absolute Gasteiger partial charge is 0.263 e. The Morgan fingerprint density at radius 3 is 2.93 bits per heavy atom. The lowest BCUT2D eigenvalue weighted by molar-refractivity contribution is 0.508. The molecule has 4 nitrogen and oxygen atoms in total. The van der Waals surface area contributed by atoms with E-state index in [4.69, 9.17) is 10.2 Å². The van der Waals surface area contributed by atoms with E-state index in [0.29, 0.717) is 24.0 Å². The van der Waals surface area contributed by atoms with Gasteiger partial charge in [0.05, 0.1) is 17.2 Å². The first-order valence-corrected chi connectivity index (χ1v) is 11.2. The largest absolute Gasteiger partial charge is 0.287 e. The van der Waals surface area contributed by atoms with Crippen molar-refractivity contribution in [3.05, 3.63) is 56.4 Å². The summed E-state index contributed by atoms with van der Waals surface area (Å²) in [5, 5.41) is 10.3. The van der Waals surface area contributed by atoms with E-state index in [9.17, 15) is 9.18 Å². The molecule has 1 aromatic carbocycles. The minimum absolute atomic E-state index is 0.0143. The monoisotopic (exact) mass is 413 g/mol. The summed E-state index contributed by atoms with van der Waals surface area (Å²) < 4.78 is 14.8. The van der Waals surface area contributed by atoms with E-state index < -0.39 is 0 Å². The molecule has 0 bridgehead atoms. The molecular weight excluding hydrogens is 393 g/mol. The van der Waals surface area contributed by atoms with Gasteiger partial charge in [-0.15, -0.1) is 11.3 Å². The summed E-state index contributed by atoms with van der Waals surface area (Å²) in [6, 6.07) is 8.46. The molecule has 1 aliphatic carbocycles. The Bertz CT molecular complexity index is 1110. The zero-order valence-corrected chi connectivity index (χ0v) is 17.2. The average Bonchev–Trinajstić information content (AvgIpc) is 3.04. The number of nitrogens with zero attached hydrogens (tertiary/aromatic N) is 3. The first kappa shape index (κ1) is 19.2. The Kier molecular flexibility index (Phi) is 5.51.